The highest BCUT2D eigenvalue weighted by Gasteiger charge is 2.15. The van der Waals surface area contributed by atoms with Crippen LogP contribution in [-0.4, -0.2) is 18.0 Å². The van der Waals surface area contributed by atoms with Crippen LogP contribution in [0.5, 0.6) is 0 Å². The Morgan fingerprint density at radius 1 is 1.42 bits per heavy atom. The third-order valence-corrected chi connectivity index (χ3v) is 2.44. The van der Waals surface area contributed by atoms with Gasteiger partial charge in [-0.2, -0.15) is 0 Å². The van der Waals surface area contributed by atoms with Crippen molar-refractivity contribution in [2.45, 2.75) is 46.2 Å². The lowest BCUT2D eigenvalue weighted by Gasteiger charge is -2.22. The van der Waals surface area contributed by atoms with Crippen molar-refractivity contribution in [3.8, 4) is 0 Å². The molecule has 0 heterocycles. The molecule has 0 spiro atoms. The van der Waals surface area contributed by atoms with Gasteiger partial charge in [0.1, 0.15) is 0 Å². The van der Waals surface area contributed by atoms with Crippen LogP contribution in [0.2, 0.25) is 0 Å². The Morgan fingerprint density at radius 2 is 1.92 bits per heavy atom. The van der Waals surface area contributed by atoms with Gasteiger partial charge in [-0.1, -0.05) is 20.3 Å². The second-order valence-corrected chi connectivity index (χ2v) is 3.46. The van der Waals surface area contributed by atoms with E-state index in [0.717, 1.165) is 6.42 Å². The number of amides is 1. The molecule has 0 saturated carbocycles. The maximum atomic E-state index is 10.7. The topological polar surface area (TPSA) is 55.1 Å². The van der Waals surface area contributed by atoms with Gasteiger partial charge in [0.2, 0.25) is 5.91 Å². The zero-order valence-electron chi connectivity index (χ0n) is 8.42. The van der Waals surface area contributed by atoms with Crippen LogP contribution in [0.15, 0.2) is 0 Å². The molecule has 0 aliphatic rings. The minimum Gasteiger partial charge on any atom is -0.368 e. The first-order valence-corrected chi connectivity index (χ1v) is 4.54. The Hall–Kier alpha value is -0.570. The fourth-order valence-corrected chi connectivity index (χ4v) is 0.994. The summed E-state index contributed by atoms with van der Waals surface area (Å²) in [4.78, 5) is 10.7. The predicted octanol–water partition coefficient (Wildman–Crippen LogP) is 0.884. The lowest BCUT2D eigenvalue weighted by molar-refractivity contribution is -0.119. The SMILES string of the molecule is CCC(C)C(C)NC(C)C(N)=O. The van der Waals surface area contributed by atoms with Gasteiger partial charge in [-0.3, -0.25) is 4.79 Å². The van der Waals surface area contributed by atoms with Crippen LogP contribution in [0.1, 0.15) is 34.1 Å². The van der Waals surface area contributed by atoms with Crippen molar-refractivity contribution in [3.05, 3.63) is 0 Å². The molecular formula is C9H20N2O. The van der Waals surface area contributed by atoms with Crippen LogP contribution >= 0.6 is 0 Å². The molecule has 3 N–H and O–H groups in total. The third-order valence-electron chi connectivity index (χ3n) is 2.44. The first-order valence-electron chi connectivity index (χ1n) is 4.54. The molecule has 0 aliphatic carbocycles. The predicted molar refractivity (Wildman–Crippen MR) is 50.7 cm³/mol. The summed E-state index contributed by atoms with van der Waals surface area (Å²) < 4.78 is 0. The van der Waals surface area contributed by atoms with Gasteiger partial charge in [0.15, 0.2) is 0 Å². The Morgan fingerprint density at radius 3 is 2.25 bits per heavy atom. The van der Waals surface area contributed by atoms with E-state index in [2.05, 4.69) is 26.1 Å². The van der Waals surface area contributed by atoms with E-state index < -0.39 is 0 Å². The van der Waals surface area contributed by atoms with Crippen LogP contribution in [0, 0.1) is 5.92 Å². The molecule has 0 radical (unpaired) electrons. The monoisotopic (exact) mass is 172 g/mol. The summed E-state index contributed by atoms with van der Waals surface area (Å²) in [6.45, 7) is 8.16. The molecule has 0 aromatic rings. The summed E-state index contributed by atoms with van der Waals surface area (Å²) in [7, 11) is 0. The van der Waals surface area contributed by atoms with E-state index in [4.69, 9.17) is 5.73 Å². The fourth-order valence-electron chi connectivity index (χ4n) is 0.994. The molecule has 0 saturated heterocycles. The standard InChI is InChI=1S/C9H20N2O/c1-5-6(2)7(3)11-8(4)9(10)12/h6-8,11H,5H2,1-4H3,(H2,10,12). The van der Waals surface area contributed by atoms with Gasteiger partial charge in [0.25, 0.3) is 0 Å². The fraction of sp³-hybridized carbons (Fsp3) is 0.889. The average molecular weight is 172 g/mol. The van der Waals surface area contributed by atoms with E-state index in [1.807, 2.05) is 0 Å². The molecule has 0 rings (SSSR count). The van der Waals surface area contributed by atoms with E-state index in [9.17, 15) is 4.79 Å². The highest BCUT2D eigenvalue weighted by molar-refractivity contribution is 5.79. The minimum absolute atomic E-state index is 0.228. The quantitative estimate of drug-likeness (QED) is 0.647. The number of carbonyl (C=O) groups excluding carboxylic acids is 1. The van der Waals surface area contributed by atoms with Crippen LogP contribution in [-0.2, 0) is 4.79 Å². The summed E-state index contributed by atoms with van der Waals surface area (Å²) >= 11 is 0. The summed E-state index contributed by atoms with van der Waals surface area (Å²) in [6.07, 6.45) is 1.11. The lowest BCUT2D eigenvalue weighted by Crippen LogP contribution is -2.45. The molecule has 0 bridgehead atoms. The first kappa shape index (κ1) is 11.4. The van der Waals surface area contributed by atoms with Crippen molar-refractivity contribution in [3.63, 3.8) is 0 Å². The molecule has 0 fully saturated rings. The Kier molecular flexibility index (Phi) is 4.90. The number of primary amides is 1. The lowest BCUT2D eigenvalue weighted by atomic mass is 10.0. The van der Waals surface area contributed by atoms with Gasteiger partial charge >= 0.3 is 0 Å². The van der Waals surface area contributed by atoms with Gasteiger partial charge in [0, 0.05) is 6.04 Å². The molecule has 0 aliphatic heterocycles. The molecule has 1 amide bonds. The van der Waals surface area contributed by atoms with Gasteiger partial charge in [-0.25, -0.2) is 0 Å². The molecule has 3 nitrogen and oxygen atoms in total. The van der Waals surface area contributed by atoms with Crippen LogP contribution in [0.25, 0.3) is 0 Å². The second kappa shape index (κ2) is 5.14. The average Bonchev–Trinajstić information content (AvgIpc) is 2.02. The third kappa shape index (κ3) is 3.72. The molecule has 72 valence electrons. The molecule has 3 heteroatoms. The smallest absolute Gasteiger partial charge is 0.234 e. The van der Waals surface area contributed by atoms with Crippen molar-refractivity contribution in [1.29, 1.82) is 0 Å². The summed E-state index contributed by atoms with van der Waals surface area (Å²) in [5.41, 5.74) is 5.12. The van der Waals surface area contributed by atoms with Crippen molar-refractivity contribution >= 4 is 5.91 Å². The molecular weight excluding hydrogens is 152 g/mol. The first-order chi connectivity index (χ1) is 5.49. The summed E-state index contributed by atoms with van der Waals surface area (Å²) in [5, 5.41) is 3.16. The van der Waals surface area contributed by atoms with E-state index in [0.29, 0.717) is 12.0 Å². The van der Waals surface area contributed by atoms with Gasteiger partial charge < -0.3 is 11.1 Å². The van der Waals surface area contributed by atoms with Crippen LogP contribution in [0.3, 0.4) is 0 Å². The zero-order chi connectivity index (χ0) is 9.72. The van der Waals surface area contributed by atoms with E-state index in [-0.39, 0.29) is 11.9 Å². The number of nitrogens with two attached hydrogens (primary N) is 1. The maximum Gasteiger partial charge on any atom is 0.234 e. The van der Waals surface area contributed by atoms with E-state index in [1.54, 1.807) is 6.92 Å². The minimum atomic E-state index is -0.287. The highest BCUT2D eigenvalue weighted by atomic mass is 16.1. The number of rotatable bonds is 5. The van der Waals surface area contributed by atoms with E-state index in [1.165, 1.54) is 0 Å². The molecule has 3 atom stereocenters. The van der Waals surface area contributed by atoms with Crippen molar-refractivity contribution in [1.82, 2.24) is 5.32 Å². The number of carbonyl (C=O) groups is 1. The maximum absolute atomic E-state index is 10.7. The summed E-state index contributed by atoms with van der Waals surface area (Å²) in [6, 6.07) is 0.117. The van der Waals surface area contributed by atoms with Gasteiger partial charge in [-0.15, -0.1) is 0 Å². The molecule has 12 heavy (non-hydrogen) atoms. The number of nitrogens with one attached hydrogen (secondary N) is 1. The van der Waals surface area contributed by atoms with Crippen molar-refractivity contribution in [2.75, 3.05) is 0 Å². The number of hydrogen-bond acceptors (Lipinski definition) is 2. The highest BCUT2D eigenvalue weighted by Crippen LogP contribution is 2.06. The Labute approximate surface area is 74.7 Å². The Balaban J connectivity index is 3.83. The molecule has 0 aromatic carbocycles. The van der Waals surface area contributed by atoms with Crippen LogP contribution in [0.4, 0.5) is 0 Å². The van der Waals surface area contributed by atoms with Crippen molar-refractivity contribution < 1.29 is 4.79 Å². The summed E-state index contributed by atoms with van der Waals surface area (Å²) in [5.74, 6) is 0.289. The second-order valence-electron chi connectivity index (χ2n) is 3.46. The van der Waals surface area contributed by atoms with E-state index >= 15 is 0 Å². The largest absolute Gasteiger partial charge is 0.368 e. The number of hydrogen-bond donors (Lipinski definition) is 2. The molecule has 0 aromatic heterocycles. The normalized spacial score (nSPS) is 18.3. The Bertz CT molecular complexity index is 147. The van der Waals surface area contributed by atoms with Crippen LogP contribution < -0.4 is 11.1 Å². The zero-order valence-corrected chi connectivity index (χ0v) is 8.42. The van der Waals surface area contributed by atoms with Gasteiger partial charge in [0.05, 0.1) is 6.04 Å². The molecule has 3 unspecified atom stereocenters. The van der Waals surface area contributed by atoms with Gasteiger partial charge in [-0.05, 0) is 19.8 Å². The van der Waals surface area contributed by atoms with Crippen molar-refractivity contribution in [2.24, 2.45) is 11.7 Å².